The molecule has 1 aromatic rings. The van der Waals surface area contributed by atoms with E-state index < -0.39 is 39.2 Å². The standard InChI is InChI=1S/C14H10Cl4N2O4S/c1-23-14(24-2)12(17)5-6(13(14,18)8(16)7(12)15)10(22)20(9(5)21)11-19-3-4-25-11/h3-6H,1-2H3/t5-,6-,12-,13+/m1/s1. The molecule has 2 aliphatic carbocycles. The van der Waals surface area contributed by atoms with Crippen molar-refractivity contribution in [3.8, 4) is 0 Å². The molecule has 2 amide bonds. The number of alkyl halides is 2. The van der Waals surface area contributed by atoms with E-state index in [0.29, 0.717) is 0 Å². The van der Waals surface area contributed by atoms with E-state index in [0.717, 1.165) is 16.2 Å². The Labute approximate surface area is 166 Å². The Balaban J connectivity index is 1.97. The van der Waals surface area contributed by atoms with Gasteiger partial charge >= 0.3 is 0 Å². The van der Waals surface area contributed by atoms with Gasteiger partial charge in [-0.3, -0.25) is 9.59 Å². The third-order valence-corrected chi connectivity index (χ3v) is 8.51. The fourth-order valence-electron chi connectivity index (χ4n) is 4.22. The first-order chi connectivity index (χ1) is 11.7. The molecule has 6 nitrogen and oxygen atoms in total. The Kier molecular flexibility index (Phi) is 3.82. The van der Waals surface area contributed by atoms with E-state index in [9.17, 15) is 9.59 Å². The summed E-state index contributed by atoms with van der Waals surface area (Å²) < 4.78 is 11.0. The second-order valence-electron chi connectivity index (χ2n) is 5.86. The SMILES string of the molecule is COC1(OC)[C@@]2(Cl)C(Cl)=C(Cl)[C@]1(Cl)[C@H]1C(=O)N(c3nccs3)C(=O)[C@@H]12. The fourth-order valence-corrected chi connectivity index (χ4v) is 7.03. The number of hydrogen-bond donors (Lipinski definition) is 0. The predicted octanol–water partition coefficient (Wildman–Crippen LogP) is 2.91. The van der Waals surface area contributed by atoms with Crippen LogP contribution >= 0.6 is 57.7 Å². The summed E-state index contributed by atoms with van der Waals surface area (Å²) in [4.78, 5) is 27.7. The van der Waals surface area contributed by atoms with Gasteiger partial charge in [0, 0.05) is 25.8 Å². The number of fused-ring (bicyclic) bond motifs is 5. The number of ether oxygens (including phenoxy) is 2. The molecule has 2 bridgehead atoms. The molecule has 2 heterocycles. The van der Waals surface area contributed by atoms with E-state index in [1.54, 1.807) is 5.38 Å². The third-order valence-electron chi connectivity index (χ3n) is 5.14. The van der Waals surface area contributed by atoms with Gasteiger partial charge in [0.25, 0.3) is 0 Å². The first-order valence-corrected chi connectivity index (χ1v) is 9.44. The Hall–Kier alpha value is -0.410. The van der Waals surface area contributed by atoms with Crippen LogP contribution < -0.4 is 4.90 Å². The zero-order valence-electron chi connectivity index (χ0n) is 12.8. The summed E-state index contributed by atoms with van der Waals surface area (Å²) in [6.07, 6.45) is 1.49. The molecule has 1 saturated heterocycles. The van der Waals surface area contributed by atoms with Gasteiger partial charge in [-0.1, -0.05) is 23.2 Å². The minimum atomic E-state index is -1.77. The topological polar surface area (TPSA) is 68.7 Å². The molecule has 0 aromatic carbocycles. The van der Waals surface area contributed by atoms with Gasteiger partial charge in [0.15, 0.2) is 5.13 Å². The van der Waals surface area contributed by atoms with Crippen LogP contribution in [0.25, 0.3) is 0 Å². The highest BCUT2D eigenvalue weighted by Gasteiger charge is 2.89. The van der Waals surface area contributed by atoms with Crippen molar-refractivity contribution < 1.29 is 19.1 Å². The van der Waals surface area contributed by atoms with Crippen LogP contribution in [0.2, 0.25) is 0 Å². The number of carbonyl (C=O) groups excluding carboxylic acids is 2. The summed E-state index contributed by atoms with van der Waals surface area (Å²) in [6.45, 7) is 0. The van der Waals surface area contributed by atoms with Crippen LogP contribution in [0, 0.1) is 11.8 Å². The summed E-state index contributed by atoms with van der Waals surface area (Å²) in [6, 6.07) is 0. The maximum Gasteiger partial charge on any atom is 0.242 e. The van der Waals surface area contributed by atoms with Crippen molar-refractivity contribution in [2.24, 2.45) is 11.8 Å². The average molecular weight is 444 g/mol. The zero-order valence-corrected chi connectivity index (χ0v) is 16.6. The second kappa shape index (κ2) is 5.32. The van der Waals surface area contributed by atoms with Crippen LogP contribution in [0.3, 0.4) is 0 Å². The van der Waals surface area contributed by atoms with Crippen molar-refractivity contribution in [1.29, 1.82) is 0 Å². The average Bonchev–Trinajstić information content (AvgIpc) is 3.25. The molecule has 11 heteroatoms. The molecule has 4 rings (SSSR count). The number of rotatable bonds is 3. The van der Waals surface area contributed by atoms with Gasteiger partial charge in [-0.2, -0.15) is 0 Å². The maximum atomic E-state index is 13.1. The van der Waals surface area contributed by atoms with Crippen molar-refractivity contribution in [3.05, 3.63) is 21.6 Å². The monoisotopic (exact) mass is 442 g/mol. The summed E-state index contributed by atoms with van der Waals surface area (Å²) in [5.41, 5.74) is 0. The summed E-state index contributed by atoms with van der Waals surface area (Å²) in [5.74, 6) is -5.10. The number of hydrogen-bond acceptors (Lipinski definition) is 6. The molecule has 3 aliphatic rings. The van der Waals surface area contributed by atoms with E-state index in [4.69, 9.17) is 55.9 Å². The maximum absolute atomic E-state index is 13.1. The summed E-state index contributed by atoms with van der Waals surface area (Å²) in [7, 11) is 2.62. The molecule has 1 aliphatic heterocycles. The fraction of sp³-hybridized carbons (Fsp3) is 0.500. The van der Waals surface area contributed by atoms with Crippen LogP contribution in [0.1, 0.15) is 0 Å². The lowest BCUT2D eigenvalue weighted by Crippen LogP contribution is -2.60. The number of aromatic nitrogens is 1. The number of halogens is 4. The zero-order chi connectivity index (χ0) is 18.4. The third kappa shape index (κ3) is 1.61. The minimum Gasteiger partial charge on any atom is -0.350 e. The second-order valence-corrected chi connectivity index (χ2v) is 8.68. The Morgan fingerprint density at radius 2 is 1.56 bits per heavy atom. The molecular weight excluding hydrogens is 434 g/mol. The van der Waals surface area contributed by atoms with Gasteiger partial charge in [-0.05, 0) is 0 Å². The van der Waals surface area contributed by atoms with Crippen molar-refractivity contribution >= 4 is 74.7 Å². The molecule has 0 N–H and O–H groups in total. The molecule has 25 heavy (non-hydrogen) atoms. The minimum absolute atomic E-state index is 0.0575. The van der Waals surface area contributed by atoms with Crippen LogP contribution in [-0.4, -0.2) is 46.6 Å². The van der Waals surface area contributed by atoms with Gasteiger partial charge in [0.1, 0.15) is 9.75 Å². The highest BCUT2D eigenvalue weighted by Crippen LogP contribution is 2.75. The lowest BCUT2D eigenvalue weighted by molar-refractivity contribution is -0.221. The molecule has 1 saturated carbocycles. The molecule has 0 radical (unpaired) electrons. The number of thiazole rings is 1. The largest absolute Gasteiger partial charge is 0.350 e. The van der Waals surface area contributed by atoms with Gasteiger partial charge in [-0.25, -0.2) is 9.88 Å². The normalized spacial score (nSPS) is 38.9. The Bertz CT molecular complexity index is 781. The molecule has 2 fully saturated rings. The van der Waals surface area contributed by atoms with E-state index in [2.05, 4.69) is 4.98 Å². The summed E-state index contributed by atoms with van der Waals surface area (Å²) in [5, 5.41) is 1.77. The number of amides is 2. The molecule has 4 atom stereocenters. The number of methoxy groups -OCH3 is 2. The molecule has 134 valence electrons. The van der Waals surface area contributed by atoms with Crippen molar-refractivity contribution in [2.75, 3.05) is 19.1 Å². The lowest BCUT2D eigenvalue weighted by atomic mass is 9.84. The lowest BCUT2D eigenvalue weighted by Gasteiger charge is -2.42. The van der Waals surface area contributed by atoms with Crippen LogP contribution in [0.5, 0.6) is 0 Å². The Morgan fingerprint density at radius 1 is 1.08 bits per heavy atom. The molecule has 0 spiro atoms. The van der Waals surface area contributed by atoms with Gasteiger partial charge in [0.2, 0.25) is 17.6 Å². The smallest absolute Gasteiger partial charge is 0.242 e. The van der Waals surface area contributed by atoms with Crippen LogP contribution in [-0.2, 0) is 19.1 Å². The quantitative estimate of drug-likeness (QED) is 0.408. The highest BCUT2D eigenvalue weighted by molar-refractivity contribution is 7.14. The molecule has 0 unspecified atom stereocenters. The van der Waals surface area contributed by atoms with Gasteiger partial charge < -0.3 is 9.47 Å². The van der Waals surface area contributed by atoms with Gasteiger partial charge in [-0.15, -0.1) is 34.5 Å². The predicted molar refractivity (Wildman–Crippen MR) is 94.2 cm³/mol. The van der Waals surface area contributed by atoms with E-state index in [-0.39, 0.29) is 15.2 Å². The van der Waals surface area contributed by atoms with Gasteiger partial charge in [0.05, 0.1) is 21.9 Å². The highest BCUT2D eigenvalue weighted by atomic mass is 35.5. The van der Waals surface area contributed by atoms with E-state index >= 15 is 0 Å². The van der Waals surface area contributed by atoms with Crippen molar-refractivity contribution in [1.82, 2.24) is 4.98 Å². The summed E-state index contributed by atoms with van der Waals surface area (Å²) >= 11 is 27.5. The van der Waals surface area contributed by atoms with E-state index in [1.807, 2.05) is 0 Å². The number of imide groups is 1. The first-order valence-electron chi connectivity index (χ1n) is 7.05. The van der Waals surface area contributed by atoms with Crippen LogP contribution in [0.15, 0.2) is 21.6 Å². The molecular formula is C14H10Cl4N2O4S. The number of anilines is 1. The van der Waals surface area contributed by atoms with E-state index in [1.165, 1.54) is 20.4 Å². The Morgan fingerprint density at radius 3 is 1.92 bits per heavy atom. The first kappa shape index (κ1) is 18.0. The number of nitrogens with zero attached hydrogens (tertiary/aromatic N) is 2. The van der Waals surface area contributed by atoms with Crippen molar-refractivity contribution in [3.63, 3.8) is 0 Å². The number of carbonyl (C=O) groups is 2. The van der Waals surface area contributed by atoms with Crippen molar-refractivity contribution in [2.45, 2.75) is 15.5 Å². The molecule has 1 aromatic heterocycles. The van der Waals surface area contributed by atoms with Crippen LogP contribution in [0.4, 0.5) is 5.13 Å².